The zero-order chi connectivity index (χ0) is 25.4. The fraction of sp³-hybridized carbons (Fsp3) is 0.280. The van der Waals surface area contributed by atoms with Gasteiger partial charge in [0.05, 0.1) is 22.4 Å². The summed E-state index contributed by atoms with van der Waals surface area (Å²) in [6.07, 6.45) is 2.37. The van der Waals surface area contributed by atoms with Crippen molar-refractivity contribution in [2.75, 3.05) is 11.1 Å². The molecule has 0 aliphatic carbocycles. The summed E-state index contributed by atoms with van der Waals surface area (Å²) in [7, 11) is 0. The molecule has 2 N–H and O–H groups in total. The average molecular weight is 532 g/mol. The Morgan fingerprint density at radius 2 is 1.91 bits per heavy atom. The number of allylic oxidation sites excluding steroid dienone is 1. The fourth-order valence-corrected chi connectivity index (χ4v) is 4.61. The Balaban J connectivity index is 1.78. The maximum atomic E-state index is 13.0. The molecular formula is C25H27Cl2N5O2S. The molecule has 7 nitrogen and oxygen atoms in total. The molecule has 1 atom stereocenters. The first-order valence-corrected chi connectivity index (χ1v) is 12.8. The quantitative estimate of drug-likeness (QED) is 0.233. The van der Waals surface area contributed by atoms with Gasteiger partial charge in [-0.25, -0.2) is 0 Å². The lowest BCUT2D eigenvalue weighted by Gasteiger charge is -2.21. The van der Waals surface area contributed by atoms with Gasteiger partial charge in [0.1, 0.15) is 0 Å². The summed E-state index contributed by atoms with van der Waals surface area (Å²) in [6.45, 7) is 8.40. The van der Waals surface area contributed by atoms with E-state index in [0.717, 1.165) is 0 Å². The first-order valence-electron chi connectivity index (χ1n) is 11.1. The van der Waals surface area contributed by atoms with Gasteiger partial charge in [0.15, 0.2) is 11.0 Å². The molecule has 0 aliphatic heterocycles. The standard InChI is InChI=1S/C25H27Cl2N5O2S/c1-4-12-32-23(21(13-16(2)3)29-24(34)19-10-5-6-11-20(19)27)30-31-25(32)35-15-22(33)28-18-9-7-8-17(26)14-18/h4-11,14,16,21H,1,12-13,15H2,2-3H3,(H,28,33)(H,29,34)/t21-/m1/s1. The third-order valence-electron chi connectivity index (χ3n) is 4.94. The molecular weight excluding hydrogens is 505 g/mol. The molecule has 10 heteroatoms. The second-order valence-corrected chi connectivity index (χ2v) is 10.0. The minimum Gasteiger partial charge on any atom is -0.342 e. The van der Waals surface area contributed by atoms with Gasteiger partial charge in [-0.15, -0.1) is 16.8 Å². The maximum Gasteiger partial charge on any atom is 0.253 e. The number of nitrogens with one attached hydrogen (secondary N) is 2. The van der Waals surface area contributed by atoms with Crippen molar-refractivity contribution < 1.29 is 9.59 Å². The Morgan fingerprint density at radius 1 is 1.14 bits per heavy atom. The largest absolute Gasteiger partial charge is 0.342 e. The number of amides is 2. The van der Waals surface area contributed by atoms with Crippen molar-refractivity contribution in [3.63, 3.8) is 0 Å². The van der Waals surface area contributed by atoms with Crippen LogP contribution in [0.25, 0.3) is 0 Å². The van der Waals surface area contributed by atoms with Crippen molar-refractivity contribution in [1.82, 2.24) is 20.1 Å². The molecule has 0 radical (unpaired) electrons. The van der Waals surface area contributed by atoms with Gasteiger partial charge in [0, 0.05) is 17.3 Å². The number of benzene rings is 2. The lowest BCUT2D eigenvalue weighted by Crippen LogP contribution is -2.32. The van der Waals surface area contributed by atoms with E-state index in [-0.39, 0.29) is 23.5 Å². The van der Waals surface area contributed by atoms with Gasteiger partial charge < -0.3 is 15.2 Å². The minimum absolute atomic E-state index is 0.128. The number of anilines is 1. The summed E-state index contributed by atoms with van der Waals surface area (Å²) in [5.41, 5.74) is 1.01. The smallest absolute Gasteiger partial charge is 0.253 e. The number of nitrogens with zero attached hydrogens (tertiary/aromatic N) is 3. The third-order valence-corrected chi connectivity index (χ3v) is 6.47. The van der Waals surface area contributed by atoms with Gasteiger partial charge in [0.25, 0.3) is 5.91 Å². The van der Waals surface area contributed by atoms with Crippen molar-refractivity contribution in [2.45, 2.75) is 38.0 Å². The van der Waals surface area contributed by atoms with Crippen molar-refractivity contribution >= 4 is 52.5 Å². The first-order chi connectivity index (χ1) is 16.8. The van der Waals surface area contributed by atoms with Crippen LogP contribution in [0.3, 0.4) is 0 Å². The van der Waals surface area contributed by atoms with E-state index in [0.29, 0.717) is 45.2 Å². The molecule has 35 heavy (non-hydrogen) atoms. The molecule has 0 fully saturated rings. The molecule has 0 unspecified atom stereocenters. The van der Waals surface area contributed by atoms with Crippen molar-refractivity contribution in [3.05, 3.63) is 82.6 Å². The number of carbonyl (C=O) groups is 2. The number of thioether (sulfide) groups is 1. The molecule has 3 rings (SSSR count). The van der Waals surface area contributed by atoms with Crippen LogP contribution in [0.15, 0.2) is 66.3 Å². The van der Waals surface area contributed by atoms with Gasteiger partial charge >= 0.3 is 0 Å². The van der Waals surface area contributed by atoms with Crippen LogP contribution in [0.1, 0.15) is 42.5 Å². The van der Waals surface area contributed by atoms with Crippen LogP contribution >= 0.6 is 35.0 Å². The summed E-state index contributed by atoms with van der Waals surface area (Å²) in [5, 5.41) is 16.0. The van der Waals surface area contributed by atoms with Gasteiger partial charge in [-0.3, -0.25) is 9.59 Å². The Kier molecular flexibility index (Phi) is 9.77. The zero-order valence-electron chi connectivity index (χ0n) is 19.5. The van der Waals surface area contributed by atoms with Crippen LogP contribution in [-0.2, 0) is 11.3 Å². The summed E-state index contributed by atoms with van der Waals surface area (Å²) in [4.78, 5) is 25.4. The molecule has 2 aromatic carbocycles. The molecule has 0 saturated carbocycles. The van der Waals surface area contributed by atoms with Crippen molar-refractivity contribution in [3.8, 4) is 0 Å². The highest BCUT2D eigenvalue weighted by atomic mass is 35.5. The molecule has 0 spiro atoms. The predicted molar refractivity (Wildman–Crippen MR) is 142 cm³/mol. The van der Waals surface area contributed by atoms with Crippen LogP contribution in [0.5, 0.6) is 0 Å². The fourth-order valence-electron chi connectivity index (χ4n) is 3.44. The number of hydrogen-bond acceptors (Lipinski definition) is 5. The monoisotopic (exact) mass is 531 g/mol. The van der Waals surface area contributed by atoms with E-state index in [9.17, 15) is 9.59 Å². The number of rotatable bonds is 11. The minimum atomic E-state index is -0.402. The van der Waals surface area contributed by atoms with Gasteiger partial charge in [-0.2, -0.15) is 0 Å². The third kappa shape index (κ3) is 7.59. The van der Waals surface area contributed by atoms with Crippen LogP contribution in [0.2, 0.25) is 10.0 Å². The normalized spacial score (nSPS) is 11.8. The maximum absolute atomic E-state index is 13.0. The van der Waals surface area contributed by atoms with E-state index in [1.165, 1.54) is 11.8 Å². The molecule has 0 aliphatic rings. The van der Waals surface area contributed by atoms with Crippen LogP contribution in [-0.4, -0.2) is 32.3 Å². The number of carbonyl (C=O) groups excluding carboxylic acids is 2. The van der Waals surface area contributed by atoms with Crippen LogP contribution in [0, 0.1) is 5.92 Å². The summed E-state index contributed by atoms with van der Waals surface area (Å²) in [6, 6.07) is 13.5. The van der Waals surface area contributed by atoms with E-state index in [4.69, 9.17) is 23.2 Å². The van der Waals surface area contributed by atoms with Gasteiger partial charge in [-0.1, -0.05) is 73.1 Å². The number of hydrogen-bond donors (Lipinski definition) is 2. The van der Waals surface area contributed by atoms with E-state index in [1.807, 2.05) is 4.57 Å². The van der Waals surface area contributed by atoms with E-state index in [2.05, 4.69) is 41.3 Å². The first kappa shape index (κ1) is 26.8. The molecule has 3 aromatic rings. The van der Waals surface area contributed by atoms with Crippen molar-refractivity contribution in [2.24, 2.45) is 5.92 Å². The molecule has 2 amide bonds. The number of aromatic nitrogens is 3. The van der Waals surface area contributed by atoms with Gasteiger partial charge in [0.2, 0.25) is 5.91 Å². The van der Waals surface area contributed by atoms with E-state index in [1.54, 1.807) is 54.6 Å². The summed E-state index contributed by atoms with van der Waals surface area (Å²) >= 11 is 13.5. The second kappa shape index (κ2) is 12.8. The lowest BCUT2D eigenvalue weighted by molar-refractivity contribution is -0.113. The molecule has 0 saturated heterocycles. The highest BCUT2D eigenvalue weighted by Gasteiger charge is 2.25. The number of halogens is 2. The highest BCUT2D eigenvalue weighted by Crippen LogP contribution is 2.26. The Bertz CT molecular complexity index is 1200. The Morgan fingerprint density at radius 3 is 2.60 bits per heavy atom. The van der Waals surface area contributed by atoms with Crippen LogP contribution in [0.4, 0.5) is 5.69 Å². The van der Waals surface area contributed by atoms with Gasteiger partial charge in [-0.05, 0) is 42.7 Å². The summed E-state index contributed by atoms with van der Waals surface area (Å²) in [5.74, 6) is 0.516. The van der Waals surface area contributed by atoms with Crippen molar-refractivity contribution in [1.29, 1.82) is 0 Å². The van der Waals surface area contributed by atoms with Crippen LogP contribution < -0.4 is 10.6 Å². The molecule has 184 valence electrons. The zero-order valence-corrected chi connectivity index (χ0v) is 21.8. The Labute approximate surface area is 219 Å². The predicted octanol–water partition coefficient (Wildman–Crippen LogP) is 6.02. The van der Waals surface area contributed by atoms with E-state index >= 15 is 0 Å². The SMILES string of the molecule is C=CCn1c(SCC(=O)Nc2cccc(Cl)c2)nnc1[C@@H](CC(C)C)NC(=O)c1ccccc1Cl. The average Bonchev–Trinajstić information content (AvgIpc) is 3.20. The second-order valence-electron chi connectivity index (χ2n) is 8.22. The Hall–Kier alpha value is -2.81. The molecule has 1 aromatic heterocycles. The molecule has 0 bridgehead atoms. The summed E-state index contributed by atoms with van der Waals surface area (Å²) < 4.78 is 1.87. The lowest BCUT2D eigenvalue weighted by atomic mass is 10.0. The topological polar surface area (TPSA) is 88.9 Å². The highest BCUT2D eigenvalue weighted by molar-refractivity contribution is 7.99. The van der Waals surface area contributed by atoms with E-state index < -0.39 is 6.04 Å². The molecule has 1 heterocycles.